The molecular weight excluding hydrogens is 304 g/mol. The van der Waals surface area contributed by atoms with E-state index < -0.39 is 0 Å². The number of methoxy groups -OCH3 is 1. The molecule has 0 bridgehead atoms. The SMILES string of the molecule is CCNC(=NCc1ccc(Cl)cc1)NCC(=O)NCCOC. The van der Waals surface area contributed by atoms with Gasteiger partial charge in [0.05, 0.1) is 19.7 Å². The lowest BCUT2D eigenvalue weighted by atomic mass is 10.2. The highest BCUT2D eigenvalue weighted by Crippen LogP contribution is 2.09. The summed E-state index contributed by atoms with van der Waals surface area (Å²) in [5.41, 5.74) is 1.05. The Morgan fingerprint density at radius 1 is 1.23 bits per heavy atom. The number of ether oxygens (including phenoxy) is 1. The monoisotopic (exact) mass is 326 g/mol. The van der Waals surface area contributed by atoms with Crippen LogP contribution in [0.2, 0.25) is 5.02 Å². The number of benzene rings is 1. The minimum Gasteiger partial charge on any atom is -0.383 e. The van der Waals surface area contributed by atoms with Gasteiger partial charge in [-0.25, -0.2) is 4.99 Å². The minimum absolute atomic E-state index is 0.103. The van der Waals surface area contributed by atoms with Crippen molar-refractivity contribution in [2.75, 3.05) is 33.4 Å². The van der Waals surface area contributed by atoms with Crippen LogP contribution in [0.5, 0.6) is 0 Å². The van der Waals surface area contributed by atoms with Crippen LogP contribution in [0.1, 0.15) is 12.5 Å². The highest BCUT2D eigenvalue weighted by Gasteiger charge is 2.03. The van der Waals surface area contributed by atoms with Crippen LogP contribution in [0.3, 0.4) is 0 Å². The average molecular weight is 327 g/mol. The summed E-state index contributed by atoms with van der Waals surface area (Å²) in [7, 11) is 1.59. The van der Waals surface area contributed by atoms with E-state index in [0.717, 1.165) is 12.1 Å². The zero-order valence-corrected chi connectivity index (χ0v) is 13.7. The maximum absolute atomic E-state index is 11.6. The third kappa shape index (κ3) is 7.85. The first-order valence-corrected chi connectivity index (χ1v) is 7.55. The van der Waals surface area contributed by atoms with Gasteiger partial charge in [-0.05, 0) is 24.6 Å². The van der Waals surface area contributed by atoms with Gasteiger partial charge in [0.1, 0.15) is 0 Å². The van der Waals surface area contributed by atoms with Gasteiger partial charge in [0.15, 0.2) is 5.96 Å². The summed E-state index contributed by atoms with van der Waals surface area (Å²) >= 11 is 5.85. The lowest BCUT2D eigenvalue weighted by molar-refractivity contribution is -0.120. The molecule has 1 aromatic rings. The number of nitrogens with zero attached hydrogens (tertiary/aromatic N) is 1. The fourth-order valence-electron chi connectivity index (χ4n) is 1.62. The highest BCUT2D eigenvalue weighted by molar-refractivity contribution is 6.30. The van der Waals surface area contributed by atoms with Crippen molar-refractivity contribution >= 4 is 23.5 Å². The normalized spacial score (nSPS) is 11.1. The smallest absolute Gasteiger partial charge is 0.239 e. The number of halogens is 1. The number of aliphatic imine (C=N–C) groups is 1. The van der Waals surface area contributed by atoms with Gasteiger partial charge in [-0.2, -0.15) is 0 Å². The van der Waals surface area contributed by atoms with Crippen molar-refractivity contribution in [3.63, 3.8) is 0 Å². The van der Waals surface area contributed by atoms with Crippen LogP contribution in [-0.2, 0) is 16.1 Å². The molecule has 22 heavy (non-hydrogen) atoms. The standard InChI is InChI=1S/C15H23ClN4O2/c1-3-17-15(20-11-14(21)18-8-9-22-2)19-10-12-4-6-13(16)7-5-12/h4-7H,3,8-11H2,1-2H3,(H,18,21)(H2,17,19,20). The molecule has 0 saturated heterocycles. The molecule has 0 aliphatic heterocycles. The molecule has 0 saturated carbocycles. The van der Waals surface area contributed by atoms with Gasteiger partial charge in [0.25, 0.3) is 0 Å². The molecule has 0 aromatic heterocycles. The van der Waals surface area contributed by atoms with E-state index in [2.05, 4.69) is 20.9 Å². The Bertz CT molecular complexity index is 477. The second kappa shape index (κ2) is 10.9. The molecule has 7 heteroatoms. The Hall–Kier alpha value is -1.79. The Balaban J connectivity index is 2.44. The van der Waals surface area contributed by atoms with E-state index in [1.54, 1.807) is 7.11 Å². The zero-order valence-electron chi connectivity index (χ0n) is 13.0. The molecule has 0 aliphatic carbocycles. The fourth-order valence-corrected chi connectivity index (χ4v) is 1.75. The summed E-state index contributed by atoms with van der Waals surface area (Å²) in [6.45, 7) is 4.36. The second-order valence-electron chi connectivity index (χ2n) is 4.52. The number of hydrogen-bond donors (Lipinski definition) is 3. The zero-order chi connectivity index (χ0) is 16.2. The maximum Gasteiger partial charge on any atom is 0.239 e. The lowest BCUT2D eigenvalue weighted by Crippen LogP contribution is -2.43. The third-order valence-electron chi connectivity index (χ3n) is 2.72. The Labute approximate surface area is 136 Å². The van der Waals surface area contributed by atoms with E-state index in [4.69, 9.17) is 16.3 Å². The molecule has 3 N–H and O–H groups in total. The van der Waals surface area contributed by atoms with Crippen molar-refractivity contribution < 1.29 is 9.53 Å². The highest BCUT2D eigenvalue weighted by atomic mass is 35.5. The van der Waals surface area contributed by atoms with Crippen LogP contribution >= 0.6 is 11.6 Å². The van der Waals surface area contributed by atoms with E-state index in [1.165, 1.54) is 0 Å². The van der Waals surface area contributed by atoms with Crippen LogP contribution < -0.4 is 16.0 Å². The number of rotatable bonds is 8. The minimum atomic E-state index is -0.103. The molecule has 0 heterocycles. The lowest BCUT2D eigenvalue weighted by Gasteiger charge is -2.11. The van der Waals surface area contributed by atoms with Gasteiger partial charge >= 0.3 is 0 Å². The van der Waals surface area contributed by atoms with Crippen molar-refractivity contribution in [3.05, 3.63) is 34.9 Å². The van der Waals surface area contributed by atoms with Crippen LogP contribution in [0, 0.1) is 0 Å². The number of nitrogens with one attached hydrogen (secondary N) is 3. The molecule has 122 valence electrons. The number of hydrogen-bond acceptors (Lipinski definition) is 3. The average Bonchev–Trinajstić information content (AvgIpc) is 2.52. The molecule has 1 rings (SSSR count). The van der Waals surface area contributed by atoms with Crippen molar-refractivity contribution in [3.8, 4) is 0 Å². The van der Waals surface area contributed by atoms with Gasteiger partial charge in [-0.1, -0.05) is 23.7 Å². The first-order valence-electron chi connectivity index (χ1n) is 7.18. The Kier molecular flexibility index (Phi) is 9.02. The number of carbonyl (C=O) groups excluding carboxylic acids is 1. The molecule has 0 aliphatic rings. The Morgan fingerprint density at radius 3 is 2.59 bits per heavy atom. The largest absolute Gasteiger partial charge is 0.383 e. The number of guanidine groups is 1. The molecule has 0 atom stereocenters. The quantitative estimate of drug-likeness (QED) is 0.381. The van der Waals surface area contributed by atoms with Gasteiger partial charge in [0.2, 0.25) is 5.91 Å². The topological polar surface area (TPSA) is 74.8 Å². The van der Waals surface area contributed by atoms with Crippen molar-refractivity contribution in [2.24, 2.45) is 4.99 Å². The van der Waals surface area contributed by atoms with Crippen LogP contribution in [-0.4, -0.2) is 45.2 Å². The predicted molar refractivity (Wildman–Crippen MR) is 89.2 cm³/mol. The molecule has 1 amide bonds. The van der Waals surface area contributed by atoms with Gasteiger partial charge in [0, 0.05) is 25.2 Å². The second-order valence-corrected chi connectivity index (χ2v) is 4.95. The van der Waals surface area contributed by atoms with E-state index in [1.807, 2.05) is 31.2 Å². The van der Waals surface area contributed by atoms with Crippen molar-refractivity contribution in [1.82, 2.24) is 16.0 Å². The van der Waals surface area contributed by atoms with E-state index in [9.17, 15) is 4.79 Å². The van der Waals surface area contributed by atoms with E-state index in [-0.39, 0.29) is 12.5 Å². The summed E-state index contributed by atoms with van der Waals surface area (Å²) in [6, 6.07) is 7.51. The van der Waals surface area contributed by atoms with Gasteiger partial charge < -0.3 is 20.7 Å². The summed E-state index contributed by atoms with van der Waals surface area (Å²) in [5.74, 6) is 0.494. The fraction of sp³-hybridized carbons (Fsp3) is 0.467. The van der Waals surface area contributed by atoms with E-state index in [0.29, 0.717) is 30.7 Å². The van der Waals surface area contributed by atoms with E-state index >= 15 is 0 Å². The van der Waals surface area contributed by atoms with Crippen LogP contribution in [0.4, 0.5) is 0 Å². The third-order valence-corrected chi connectivity index (χ3v) is 2.97. The molecular formula is C15H23ClN4O2. The van der Waals surface area contributed by atoms with Crippen LogP contribution in [0.25, 0.3) is 0 Å². The summed E-state index contributed by atoms with van der Waals surface area (Å²) in [5, 5.41) is 9.52. The van der Waals surface area contributed by atoms with Crippen molar-refractivity contribution in [1.29, 1.82) is 0 Å². The Morgan fingerprint density at radius 2 is 1.95 bits per heavy atom. The first kappa shape index (κ1) is 18.3. The van der Waals surface area contributed by atoms with Gasteiger partial charge in [-0.3, -0.25) is 4.79 Å². The first-order chi connectivity index (χ1) is 10.7. The summed E-state index contributed by atoms with van der Waals surface area (Å²) in [4.78, 5) is 16.0. The molecule has 0 radical (unpaired) electrons. The maximum atomic E-state index is 11.6. The molecule has 0 unspecified atom stereocenters. The number of amides is 1. The van der Waals surface area contributed by atoms with Crippen molar-refractivity contribution in [2.45, 2.75) is 13.5 Å². The van der Waals surface area contributed by atoms with Crippen LogP contribution in [0.15, 0.2) is 29.3 Å². The number of carbonyl (C=O) groups is 1. The molecule has 6 nitrogen and oxygen atoms in total. The summed E-state index contributed by atoms with van der Waals surface area (Å²) < 4.78 is 4.87. The molecule has 1 aromatic carbocycles. The molecule has 0 spiro atoms. The molecule has 0 fully saturated rings. The predicted octanol–water partition coefficient (Wildman–Crippen LogP) is 1.16. The summed E-state index contributed by atoms with van der Waals surface area (Å²) in [6.07, 6.45) is 0. The van der Waals surface area contributed by atoms with Gasteiger partial charge in [-0.15, -0.1) is 0 Å².